The predicted octanol–water partition coefficient (Wildman–Crippen LogP) is 2.39. The van der Waals surface area contributed by atoms with Crippen molar-refractivity contribution < 1.29 is 8.42 Å². The van der Waals surface area contributed by atoms with Crippen LogP contribution in [0.1, 0.15) is 25.7 Å². The second-order valence-corrected chi connectivity index (χ2v) is 6.84. The van der Waals surface area contributed by atoms with Crippen molar-refractivity contribution in [1.29, 1.82) is 0 Å². The van der Waals surface area contributed by atoms with Crippen LogP contribution in [0, 0.1) is 5.92 Å². The molecule has 4 nitrogen and oxygen atoms in total. The van der Waals surface area contributed by atoms with Gasteiger partial charge in [-0.25, -0.2) is 13.1 Å². The van der Waals surface area contributed by atoms with Crippen LogP contribution in [0.15, 0.2) is 23.1 Å². The number of sulfonamides is 1. The third kappa shape index (κ3) is 3.60. The zero-order chi connectivity index (χ0) is 13.2. The summed E-state index contributed by atoms with van der Waals surface area (Å²) in [7, 11) is -3.52. The maximum atomic E-state index is 12.0. The summed E-state index contributed by atoms with van der Waals surface area (Å²) in [6, 6.07) is 4.40. The van der Waals surface area contributed by atoms with Crippen LogP contribution in [0.2, 0.25) is 5.02 Å². The highest BCUT2D eigenvalue weighted by atomic mass is 35.5. The fourth-order valence-corrected chi connectivity index (χ4v) is 3.21. The Balaban J connectivity index is 1.95. The first-order chi connectivity index (χ1) is 8.49. The van der Waals surface area contributed by atoms with Gasteiger partial charge in [0.25, 0.3) is 0 Å². The highest BCUT2D eigenvalue weighted by molar-refractivity contribution is 7.89. The molecule has 0 spiro atoms. The Hall–Kier alpha value is -0.780. The van der Waals surface area contributed by atoms with Gasteiger partial charge in [-0.15, -0.1) is 0 Å². The lowest BCUT2D eigenvalue weighted by atomic mass is 10.2. The molecule has 100 valence electrons. The molecule has 1 aliphatic carbocycles. The molecule has 0 amide bonds. The van der Waals surface area contributed by atoms with Crippen molar-refractivity contribution >= 4 is 27.3 Å². The second-order valence-electron chi connectivity index (χ2n) is 4.67. The van der Waals surface area contributed by atoms with Crippen LogP contribution in [-0.2, 0) is 10.0 Å². The number of rotatable bonds is 6. The highest BCUT2D eigenvalue weighted by Gasteiger charge is 2.21. The second kappa shape index (κ2) is 5.47. The van der Waals surface area contributed by atoms with Crippen molar-refractivity contribution in [2.45, 2.75) is 30.6 Å². The lowest BCUT2D eigenvalue weighted by molar-refractivity contribution is 0.573. The van der Waals surface area contributed by atoms with Crippen LogP contribution in [0.4, 0.5) is 5.69 Å². The van der Waals surface area contributed by atoms with Crippen molar-refractivity contribution in [2.75, 3.05) is 12.3 Å². The average Bonchev–Trinajstić information content (AvgIpc) is 3.07. The van der Waals surface area contributed by atoms with E-state index in [1.807, 2.05) is 0 Å². The number of anilines is 1. The molecule has 0 saturated heterocycles. The van der Waals surface area contributed by atoms with Gasteiger partial charge < -0.3 is 5.73 Å². The van der Waals surface area contributed by atoms with Gasteiger partial charge in [0.1, 0.15) is 4.90 Å². The SMILES string of the molecule is Nc1cc(Cl)ccc1S(=O)(=O)NCCCC1CC1. The highest BCUT2D eigenvalue weighted by Crippen LogP contribution is 2.33. The number of hydrogen-bond donors (Lipinski definition) is 2. The Morgan fingerprint density at radius 3 is 2.72 bits per heavy atom. The van der Waals surface area contributed by atoms with E-state index in [2.05, 4.69) is 4.72 Å². The van der Waals surface area contributed by atoms with Crippen LogP contribution < -0.4 is 10.5 Å². The van der Waals surface area contributed by atoms with E-state index in [9.17, 15) is 8.42 Å². The zero-order valence-corrected chi connectivity index (χ0v) is 11.6. The van der Waals surface area contributed by atoms with E-state index in [0.29, 0.717) is 11.6 Å². The molecule has 0 aliphatic heterocycles. The topological polar surface area (TPSA) is 72.2 Å². The van der Waals surface area contributed by atoms with E-state index in [0.717, 1.165) is 18.8 Å². The molecule has 2 rings (SSSR count). The number of nitrogens with two attached hydrogens (primary N) is 1. The molecular formula is C12H17ClN2O2S. The first kappa shape index (κ1) is 13.6. The van der Waals surface area contributed by atoms with Gasteiger partial charge in [-0.1, -0.05) is 24.4 Å². The Kier molecular flexibility index (Phi) is 4.14. The van der Waals surface area contributed by atoms with Crippen molar-refractivity contribution in [2.24, 2.45) is 5.92 Å². The van der Waals surface area contributed by atoms with E-state index in [4.69, 9.17) is 17.3 Å². The normalized spacial score (nSPS) is 15.8. The zero-order valence-electron chi connectivity index (χ0n) is 10.0. The minimum absolute atomic E-state index is 0.0957. The maximum Gasteiger partial charge on any atom is 0.242 e. The molecule has 6 heteroatoms. The summed E-state index contributed by atoms with van der Waals surface area (Å²) in [6.07, 6.45) is 4.55. The Morgan fingerprint density at radius 1 is 1.39 bits per heavy atom. The molecule has 0 unspecified atom stereocenters. The van der Waals surface area contributed by atoms with Gasteiger partial charge in [-0.3, -0.25) is 0 Å². The summed E-state index contributed by atoms with van der Waals surface area (Å²) in [6.45, 7) is 0.459. The molecule has 1 aromatic rings. The summed E-state index contributed by atoms with van der Waals surface area (Å²) >= 11 is 5.74. The summed E-state index contributed by atoms with van der Waals surface area (Å²) in [5.41, 5.74) is 5.84. The van der Waals surface area contributed by atoms with Crippen molar-refractivity contribution in [3.05, 3.63) is 23.2 Å². The number of halogens is 1. The van der Waals surface area contributed by atoms with Gasteiger partial charge in [0.15, 0.2) is 0 Å². The molecule has 3 N–H and O–H groups in total. The van der Waals surface area contributed by atoms with E-state index in [1.54, 1.807) is 0 Å². The summed E-state index contributed by atoms with van der Waals surface area (Å²) < 4.78 is 26.5. The Morgan fingerprint density at radius 2 is 2.11 bits per heavy atom. The first-order valence-corrected chi connectivity index (χ1v) is 7.90. The molecule has 1 fully saturated rings. The van der Waals surface area contributed by atoms with Gasteiger partial charge in [-0.05, 0) is 37.0 Å². The molecule has 1 aromatic carbocycles. The van der Waals surface area contributed by atoms with Crippen LogP contribution in [0.25, 0.3) is 0 Å². The molecule has 1 saturated carbocycles. The standard InChI is InChI=1S/C12H17ClN2O2S/c13-10-5-6-12(11(14)8-10)18(16,17)15-7-1-2-9-3-4-9/h5-6,8-9,15H,1-4,7,14H2. The molecule has 0 atom stereocenters. The summed E-state index contributed by atoms with van der Waals surface area (Å²) in [5, 5.41) is 0.431. The van der Waals surface area contributed by atoms with E-state index < -0.39 is 10.0 Å². The quantitative estimate of drug-likeness (QED) is 0.623. The lowest BCUT2D eigenvalue weighted by Gasteiger charge is -2.09. The monoisotopic (exact) mass is 288 g/mol. The summed E-state index contributed by atoms with van der Waals surface area (Å²) in [5.74, 6) is 0.815. The van der Waals surface area contributed by atoms with Gasteiger partial charge in [0.05, 0.1) is 5.69 Å². The van der Waals surface area contributed by atoms with E-state index in [1.165, 1.54) is 31.0 Å². The largest absolute Gasteiger partial charge is 0.398 e. The molecule has 0 radical (unpaired) electrons. The Bertz CT molecular complexity index is 527. The lowest BCUT2D eigenvalue weighted by Crippen LogP contribution is -2.25. The number of nitrogen functional groups attached to an aromatic ring is 1. The smallest absolute Gasteiger partial charge is 0.242 e. The molecule has 1 aliphatic rings. The van der Waals surface area contributed by atoms with E-state index >= 15 is 0 Å². The maximum absolute atomic E-state index is 12.0. The molecule has 0 heterocycles. The van der Waals surface area contributed by atoms with E-state index in [-0.39, 0.29) is 10.6 Å². The molecule has 18 heavy (non-hydrogen) atoms. The third-order valence-corrected chi connectivity index (χ3v) is 4.81. The van der Waals surface area contributed by atoms with Crippen LogP contribution in [0.5, 0.6) is 0 Å². The number of nitrogens with one attached hydrogen (secondary N) is 1. The number of hydrogen-bond acceptors (Lipinski definition) is 3. The third-order valence-electron chi connectivity index (χ3n) is 3.04. The van der Waals surface area contributed by atoms with Gasteiger partial charge in [0, 0.05) is 11.6 Å². The van der Waals surface area contributed by atoms with Gasteiger partial charge in [0.2, 0.25) is 10.0 Å². The Labute approximate surface area is 113 Å². The van der Waals surface area contributed by atoms with Crippen molar-refractivity contribution in [3.63, 3.8) is 0 Å². The van der Waals surface area contributed by atoms with Crippen LogP contribution in [0.3, 0.4) is 0 Å². The summed E-state index contributed by atoms with van der Waals surface area (Å²) in [4.78, 5) is 0.0957. The van der Waals surface area contributed by atoms with Crippen molar-refractivity contribution in [3.8, 4) is 0 Å². The minimum atomic E-state index is -3.52. The van der Waals surface area contributed by atoms with Gasteiger partial charge >= 0.3 is 0 Å². The fraction of sp³-hybridized carbons (Fsp3) is 0.500. The van der Waals surface area contributed by atoms with Crippen molar-refractivity contribution in [1.82, 2.24) is 4.72 Å². The predicted molar refractivity (Wildman–Crippen MR) is 73.0 cm³/mol. The van der Waals surface area contributed by atoms with Crippen LogP contribution >= 0.6 is 11.6 Å². The van der Waals surface area contributed by atoms with Gasteiger partial charge in [-0.2, -0.15) is 0 Å². The first-order valence-electron chi connectivity index (χ1n) is 6.04. The molecule has 0 bridgehead atoms. The minimum Gasteiger partial charge on any atom is -0.398 e. The molecule has 0 aromatic heterocycles. The average molecular weight is 289 g/mol. The molecular weight excluding hydrogens is 272 g/mol. The number of benzene rings is 1. The van der Waals surface area contributed by atoms with Crippen LogP contribution in [-0.4, -0.2) is 15.0 Å². The fourth-order valence-electron chi connectivity index (χ4n) is 1.85.